The Balaban J connectivity index is 2.03. The molecule has 1 unspecified atom stereocenters. The van der Waals surface area contributed by atoms with Crippen LogP contribution in [0.5, 0.6) is 0 Å². The molecule has 1 aromatic rings. The Hall–Kier alpha value is -2.11. The predicted molar refractivity (Wildman–Crippen MR) is 111 cm³/mol. The van der Waals surface area contributed by atoms with E-state index < -0.39 is 30.0 Å². The molecule has 1 atom stereocenters. The van der Waals surface area contributed by atoms with Gasteiger partial charge in [0.2, 0.25) is 0 Å². The van der Waals surface area contributed by atoms with Gasteiger partial charge in [0.15, 0.2) is 0 Å². The van der Waals surface area contributed by atoms with E-state index in [1.54, 1.807) is 6.20 Å². The summed E-state index contributed by atoms with van der Waals surface area (Å²) in [6.45, 7) is 15.7. The lowest BCUT2D eigenvalue weighted by molar-refractivity contribution is 0.00578. The molecule has 1 fully saturated rings. The highest BCUT2D eigenvalue weighted by Gasteiger charge is 2.52. The van der Waals surface area contributed by atoms with Crippen LogP contribution in [0.15, 0.2) is 6.20 Å². The number of nitrogens with zero attached hydrogens (tertiary/aromatic N) is 3. The van der Waals surface area contributed by atoms with Crippen molar-refractivity contribution in [1.29, 1.82) is 5.26 Å². The summed E-state index contributed by atoms with van der Waals surface area (Å²) >= 11 is 0. The number of hydrogen-bond donors (Lipinski definition) is 0. The summed E-state index contributed by atoms with van der Waals surface area (Å²) in [5.41, 5.74) is 1.46. The van der Waals surface area contributed by atoms with Crippen LogP contribution in [0.2, 0.25) is 0 Å². The zero-order chi connectivity index (χ0) is 21.8. The van der Waals surface area contributed by atoms with Gasteiger partial charge in [-0.2, -0.15) is 5.26 Å². The lowest BCUT2D eigenvalue weighted by Gasteiger charge is -2.34. The fourth-order valence-corrected chi connectivity index (χ4v) is 3.55. The molecular formula is C21H30BN3O4. The SMILES string of the molecule is Cc1c(B2OC(C)(C)C(C)(C)O2)cnc2c1N(C(=O)OC(C)(C)C)CC(C#N)C2. The molecule has 1 amide bonds. The topological polar surface area (TPSA) is 84.7 Å². The summed E-state index contributed by atoms with van der Waals surface area (Å²) in [6.07, 6.45) is 1.76. The Kier molecular flexibility index (Phi) is 5.21. The van der Waals surface area contributed by atoms with Gasteiger partial charge >= 0.3 is 13.2 Å². The molecule has 7 nitrogen and oxygen atoms in total. The van der Waals surface area contributed by atoms with Crippen molar-refractivity contribution in [2.45, 2.75) is 78.6 Å². The van der Waals surface area contributed by atoms with E-state index in [9.17, 15) is 10.1 Å². The summed E-state index contributed by atoms with van der Waals surface area (Å²) in [6, 6.07) is 2.26. The first-order chi connectivity index (χ1) is 13.3. The van der Waals surface area contributed by atoms with E-state index in [4.69, 9.17) is 14.0 Å². The highest BCUT2D eigenvalue weighted by molar-refractivity contribution is 6.62. The third-order valence-corrected chi connectivity index (χ3v) is 5.84. The third kappa shape index (κ3) is 3.99. The molecule has 0 spiro atoms. The van der Waals surface area contributed by atoms with Gasteiger partial charge in [-0.05, 0) is 61.0 Å². The van der Waals surface area contributed by atoms with Crippen molar-refractivity contribution < 1.29 is 18.8 Å². The molecule has 2 aliphatic rings. The molecule has 0 N–H and O–H groups in total. The van der Waals surface area contributed by atoms with Gasteiger partial charge in [-0.1, -0.05) is 0 Å². The maximum absolute atomic E-state index is 12.9. The van der Waals surface area contributed by atoms with E-state index in [0.29, 0.717) is 17.8 Å². The maximum Gasteiger partial charge on any atom is 0.496 e. The smallest absolute Gasteiger partial charge is 0.443 e. The van der Waals surface area contributed by atoms with Crippen LogP contribution in [-0.2, 0) is 20.5 Å². The fourth-order valence-electron chi connectivity index (χ4n) is 3.55. The molecule has 0 aliphatic carbocycles. The van der Waals surface area contributed by atoms with E-state index >= 15 is 0 Å². The van der Waals surface area contributed by atoms with Crippen molar-refractivity contribution in [3.05, 3.63) is 17.5 Å². The maximum atomic E-state index is 12.9. The van der Waals surface area contributed by atoms with Gasteiger partial charge in [-0.3, -0.25) is 9.88 Å². The first kappa shape index (κ1) is 21.6. The Labute approximate surface area is 173 Å². The Morgan fingerprint density at radius 1 is 1.31 bits per heavy atom. The minimum Gasteiger partial charge on any atom is -0.443 e. The molecule has 0 saturated carbocycles. The highest BCUT2D eigenvalue weighted by Crippen LogP contribution is 2.38. The number of aromatic nitrogens is 1. The van der Waals surface area contributed by atoms with Crippen molar-refractivity contribution in [1.82, 2.24) is 4.98 Å². The van der Waals surface area contributed by atoms with Crippen molar-refractivity contribution >= 4 is 24.4 Å². The number of carbonyl (C=O) groups excluding carboxylic acids is 1. The number of nitriles is 1. The van der Waals surface area contributed by atoms with Gasteiger partial charge in [0, 0.05) is 24.6 Å². The number of ether oxygens (including phenoxy) is 1. The zero-order valence-electron chi connectivity index (χ0n) is 18.6. The van der Waals surface area contributed by atoms with Crippen LogP contribution >= 0.6 is 0 Å². The third-order valence-electron chi connectivity index (χ3n) is 5.84. The number of fused-ring (bicyclic) bond motifs is 1. The molecule has 3 heterocycles. The van der Waals surface area contributed by atoms with Gasteiger partial charge in [0.05, 0.1) is 34.6 Å². The minimum absolute atomic E-state index is 0.272. The summed E-state index contributed by atoms with van der Waals surface area (Å²) in [5, 5.41) is 9.46. The van der Waals surface area contributed by atoms with E-state index in [1.165, 1.54) is 4.90 Å². The Morgan fingerprint density at radius 3 is 2.41 bits per heavy atom. The quantitative estimate of drug-likeness (QED) is 0.675. The first-order valence-electron chi connectivity index (χ1n) is 10.00. The molecular weight excluding hydrogens is 369 g/mol. The highest BCUT2D eigenvalue weighted by atomic mass is 16.7. The van der Waals surface area contributed by atoms with Gasteiger partial charge in [-0.25, -0.2) is 4.79 Å². The Bertz CT molecular complexity index is 854. The molecule has 0 aromatic carbocycles. The number of hydrogen-bond acceptors (Lipinski definition) is 6. The summed E-state index contributed by atoms with van der Waals surface area (Å²) < 4.78 is 18.0. The summed E-state index contributed by atoms with van der Waals surface area (Å²) in [7, 11) is -0.577. The number of pyridine rings is 1. The number of rotatable bonds is 1. The van der Waals surface area contributed by atoms with Crippen LogP contribution in [0.3, 0.4) is 0 Å². The lowest BCUT2D eigenvalue weighted by atomic mass is 9.76. The molecule has 156 valence electrons. The Morgan fingerprint density at radius 2 is 1.90 bits per heavy atom. The van der Waals surface area contributed by atoms with Crippen LogP contribution in [-0.4, -0.2) is 41.5 Å². The first-order valence-corrected chi connectivity index (χ1v) is 10.00. The fraction of sp³-hybridized carbons (Fsp3) is 0.667. The average Bonchev–Trinajstić information content (AvgIpc) is 2.80. The number of carbonyl (C=O) groups is 1. The summed E-state index contributed by atoms with van der Waals surface area (Å²) in [4.78, 5) is 19.1. The molecule has 1 saturated heterocycles. The van der Waals surface area contributed by atoms with Crippen LogP contribution in [0.1, 0.15) is 59.7 Å². The number of amides is 1. The second-order valence-electron chi connectivity index (χ2n) is 9.84. The van der Waals surface area contributed by atoms with Crippen molar-refractivity contribution in [3.63, 3.8) is 0 Å². The second kappa shape index (κ2) is 7.00. The van der Waals surface area contributed by atoms with Gasteiger partial charge in [0.25, 0.3) is 0 Å². The minimum atomic E-state index is -0.637. The van der Waals surface area contributed by atoms with Crippen LogP contribution in [0, 0.1) is 24.2 Å². The van der Waals surface area contributed by atoms with Crippen LogP contribution in [0.25, 0.3) is 0 Å². The van der Waals surface area contributed by atoms with Gasteiger partial charge in [0.1, 0.15) is 5.60 Å². The average molecular weight is 399 g/mol. The van der Waals surface area contributed by atoms with Crippen LogP contribution in [0.4, 0.5) is 10.5 Å². The second-order valence-corrected chi connectivity index (χ2v) is 9.84. The summed E-state index contributed by atoms with van der Waals surface area (Å²) in [5.74, 6) is -0.329. The number of anilines is 1. The van der Waals surface area contributed by atoms with E-state index in [0.717, 1.165) is 11.0 Å². The molecule has 2 aliphatic heterocycles. The molecule has 3 rings (SSSR count). The van der Waals surface area contributed by atoms with Gasteiger partial charge < -0.3 is 14.0 Å². The van der Waals surface area contributed by atoms with Crippen molar-refractivity contribution in [2.75, 3.05) is 11.4 Å². The molecule has 1 aromatic heterocycles. The van der Waals surface area contributed by atoms with E-state index in [-0.39, 0.29) is 12.5 Å². The van der Waals surface area contributed by atoms with Gasteiger partial charge in [-0.15, -0.1) is 0 Å². The van der Waals surface area contributed by atoms with Crippen LogP contribution < -0.4 is 10.4 Å². The van der Waals surface area contributed by atoms with Crippen molar-refractivity contribution in [3.8, 4) is 6.07 Å². The largest absolute Gasteiger partial charge is 0.496 e. The monoisotopic (exact) mass is 399 g/mol. The van der Waals surface area contributed by atoms with E-state index in [2.05, 4.69) is 11.1 Å². The molecule has 0 radical (unpaired) electrons. The molecule has 29 heavy (non-hydrogen) atoms. The normalized spacial score (nSPS) is 22.8. The standard InChI is InChI=1S/C21H30BN3O4/c1-13-15(22-28-20(5,6)21(7,8)29-22)11-24-16-9-14(10-23)12-25(17(13)16)18(26)27-19(2,3)4/h11,14H,9,12H2,1-8H3. The van der Waals surface area contributed by atoms with E-state index in [1.807, 2.05) is 55.4 Å². The molecule has 8 heteroatoms. The predicted octanol–water partition coefficient (Wildman–Crippen LogP) is 3.13. The zero-order valence-corrected chi connectivity index (χ0v) is 18.6. The lowest BCUT2D eigenvalue weighted by Crippen LogP contribution is -2.45. The van der Waals surface area contributed by atoms with Crippen molar-refractivity contribution in [2.24, 2.45) is 5.92 Å². The molecule has 0 bridgehead atoms.